The summed E-state index contributed by atoms with van der Waals surface area (Å²) in [6.07, 6.45) is 22.3. The van der Waals surface area contributed by atoms with Crippen molar-refractivity contribution in [3.05, 3.63) is 272 Å². The zero-order valence-corrected chi connectivity index (χ0v) is 35.5. The molecule has 1 N–H and O–H groups in total. The third kappa shape index (κ3) is 5.40. The van der Waals surface area contributed by atoms with Gasteiger partial charge >= 0.3 is 0 Å². The lowest BCUT2D eigenvalue weighted by molar-refractivity contribution is 0.582. The molecule has 0 amide bonds. The number of benzene rings is 6. The molecule has 0 bridgehead atoms. The largest absolute Gasteiger partial charge is 0.378 e. The molecule has 300 valence electrons. The number of hydrogen-bond acceptors (Lipinski definition) is 1. The molecule has 6 aromatic carbocycles. The highest BCUT2D eigenvalue weighted by molar-refractivity contribution is 5.94. The summed E-state index contributed by atoms with van der Waals surface area (Å²) in [6.45, 7) is 2.26. The van der Waals surface area contributed by atoms with Crippen LogP contribution in [0.1, 0.15) is 102 Å². The van der Waals surface area contributed by atoms with Gasteiger partial charge in [0.15, 0.2) is 0 Å². The second kappa shape index (κ2) is 14.7. The lowest BCUT2D eigenvalue weighted by atomic mass is 9.50. The maximum absolute atomic E-state index is 3.86. The number of allylic oxidation sites excluding steroid dienone is 13. The van der Waals surface area contributed by atoms with Crippen molar-refractivity contribution in [1.29, 1.82) is 0 Å². The third-order valence-electron chi connectivity index (χ3n) is 15.0. The zero-order chi connectivity index (χ0) is 41.3. The molecule has 1 heteroatoms. The van der Waals surface area contributed by atoms with Crippen LogP contribution in [0.2, 0.25) is 0 Å². The van der Waals surface area contributed by atoms with Crippen LogP contribution in [0.5, 0.6) is 0 Å². The SMILES string of the molecule is CC(N/C(=C\CC1=CC=C(C2=CC3=C(CC2)C2(c4ccccc4-c4ccccc42)c2ccccc2C32C3=C(CCC=C3)c3ccccc32)CC1)c1ccccc1)c1ccccc1. The molecule has 0 aromatic heterocycles. The van der Waals surface area contributed by atoms with Crippen molar-refractivity contribution >= 4 is 11.3 Å². The quantitative estimate of drug-likeness (QED) is 0.170. The predicted molar refractivity (Wildman–Crippen MR) is 257 cm³/mol. The first kappa shape index (κ1) is 37.1. The van der Waals surface area contributed by atoms with Gasteiger partial charge in [0.2, 0.25) is 0 Å². The van der Waals surface area contributed by atoms with Crippen molar-refractivity contribution < 1.29 is 0 Å². The summed E-state index contributed by atoms with van der Waals surface area (Å²) in [5, 5.41) is 3.86. The molecule has 62 heavy (non-hydrogen) atoms. The average molecular weight is 798 g/mol. The van der Waals surface area contributed by atoms with Crippen LogP contribution >= 0.6 is 0 Å². The summed E-state index contributed by atoms with van der Waals surface area (Å²) in [5.74, 6) is 0. The van der Waals surface area contributed by atoms with Crippen LogP contribution in [0.25, 0.3) is 22.4 Å². The van der Waals surface area contributed by atoms with E-state index in [4.69, 9.17) is 0 Å². The van der Waals surface area contributed by atoms with Crippen molar-refractivity contribution in [2.45, 2.75) is 68.7 Å². The monoisotopic (exact) mass is 797 g/mol. The fraction of sp³-hybridized carbons (Fsp3) is 0.180. The molecule has 2 spiro atoms. The van der Waals surface area contributed by atoms with E-state index < -0.39 is 0 Å². The number of nitrogens with one attached hydrogen (secondary N) is 1. The minimum Gasteiger partial charge on any atom is -0.378 e. The highest BCUT2D eigenvalue weighted by Crippen LogP contribution is 2.69. The van der Waals surface area contributed by atoms with Gasteiger partial charge in [-0.2, -0.15) is 0 Å². The van der Waals surface area contributed by atoms with E-state index in [1.54, 1.807) is 5.57 Å². The molecule has 2 atom stereocenters. The first-order valence-electron chi connectivity index (χ1n) is 22.9. The van der Waals surface area contributed by atoms with Crippen LogP contribution in [-0.4, -0.2) is 0 Å². The Morgan fingerprint density at radius 2 is 1.13 bits per heavy atom. The van der Waals surface area contributed by atoms with Crippen LogP contribution in [0.15, 0.2) is 228 Å². The Morgan fingerprint density at radius 3 is 1.81 bits per heavy atom. The summed E-state index contributed by atoms with van der Waals surface area (Å²) in [6, 6.07) is 59.4. The smallest absolute Gasteiger partial charge is 0.0713 e. The van der Waals surface area contributed by atoms with E-state index in [0.29, 0.717) is 0 Å². The van der Waals surface area contributed by atoms with Crippen LogP contribution in [-0.2, 0) is 10.8 Å². The third-order valence-corrected chi connectivity index (χ3v) is 15.0. The molecular weight excluding hydrogens is 747 g/mol. The number of fused-ring (bicyclic) bond motifs is 14. The summed E-state index contributed by atoms with van der Waals surface area (Å²) in [5.41, 5.74) is 25.0. The van der Waals surface area contributed by atoms with Gasteiger partial charge in [0, 0.05) is 11.7 Å². The first-order chi connectivity index (χ1) is 30.7. The predicted octanol–water partition coefficient (Wildman–Crippen LogP) is 14.9. The van der Waals surface area contributed by atoms with Crippen LogP contribution in [0, 0.1) is 0 Å². The summed E-state index contributed by atoms with van der Waals surface area (Å²) in [7, 11) is 0. The fourth-order valence-corrected chi connectivity index (χ4v) is 12.4. The minimum atomic E-state index is -0.378. The fourth-order valence-electron chi connectivity index (χ4n) is 12.4. The molecular formula is C61H51N. The molecule has 0 heterocycles. The Bertz CT molecular complexity index is 2970. The van der Waals surface area contributed by atoms with E-state index in [9.17, 15) is 0 Å². The van der Waals surface area contributed by atoms with Gasteiger partial charge < -0.3 is 5.32 Å². The molecule has 0 aliphatic heterocycles. The Kier molecular flexibility index (Phi) is 8.82. The van der Waals surface area contributed by atoms with Crippen molar-refractivity contribution in [3.63, 3.8) is 0 Å². The number of rotatable bonds is 7. The Labute approximate surface area is 367 Å². The van der Waals surface area contributed by atoms with Crippen molar-refractivity contribution in [3.8, 4) is 11.1 Å². The van der Waals surface area contributed by atoms with Gasteiger partial charge in [-0.05, 0) is 141 Å². The van der Waals surface area contributed by atoms with E-state index in [2.05, 4.69) is 206 Å². The molecule has 12 rings (SSSR count). The summed E-state index contributed by atoms with van der Waals surface area (Å²) in [4.78, 5) is 0. The van der Waals surface area contributed by atoms with E-state index in [0.717, 1.165) is 44.9 Å². The van der Waals surface area contributed by atoms with E-state index in [1.807, 2.05) is 0 Å². The van der Waals surface area contributed by atoms with Gasteiger partial charge in [0.25, 0.3) is 0 Å². The molecule has 0 fully saturated rings. The lowest BCUT2D eigenvalue weighted by Crippen LogP contribution is -2.45. The topological polar surface area (TPSA) is 12.0 Å². The van der Waals surface area contributed by atoms with Gasteiger partial charge in [-0.1, -0.05) is 200 Å². The molecule has 0 radical (unpaired) electrons. The molecule has 0 saturated heterocycles. The average Bonchev–Trinajstić information content (AvgIpc) is 3.81. The molecule has 2 unspecified atom stereocenters. The van der Waals surface area contributed by atoms with Gasteiger partial charge in [-0.15, -0.1) is 0 Å². The summed E-state index contributed by atoms with van der Waals surface area (Å²) >= 11 is 0. The standard InChI is InChI=1S/C61H51N/c1-41(43-18-4-2-5-19-43)62-59(45-20-6-3-7-21-45)39-34-42-32-35-44(36-33-42)46-37-38-57-58(40-46)61(53-28-14-10-24-49(53)50-25-11-15-29-54(50)61)56-31-17-16-30-55(56)60(57)51-26-12-8-22-47(51)48-23-9-13-27-52(48)60/h2-10,12-24,26-32,35,39-41,62H,11,25,33-34,36-38H2,1H3/b59-39-. The van der Waals surface area contributed by atoms with Gasteiger partial charge in [-0.25, -0.2) is 0 Å². The second-order valence-corrected chi connectivity index (χ2v) is 18.1. The first-order valence-corrected chi connectivity index (χ1v) is 22.9. The minimum absolute atomic E-state index is 0.204. The maximum Gasteiger partial charge on any atom is 0.0713 e. The Morgan fingerprint density at radius 1 is 0.548 bits per heavy atom. The van der Waals surface area contributed by atoms with Crippen molar-refractivity contribution in [1.82, 2.24) is 5.32 Å². The van der Waals surface area contributed by atoms with Crippen LogP contribution in [0.4, 0.5) is 0 Å². The highest BCUT2D eigenvalue weighted by Gasteiger charge is 2.60. The van der Waals surface area contributed by atoms with Crippen molar-refractivity contribution in [2.75, 3.05) is 0 Å². The molecule has 1 nitrogen and oxygen atoms in total. The van der Waals surface area contributed by atoms with Crippen LogP contribution in [0.3, 0.4) is 0 Å². The summed E-state index contributed by atoms with van der Waals surface area (Å²) < 4.78 is 0. The van der Waals surface area contributed by atoms with Crippen LogP contribution < -0.4 is 5.32 Å². The Hall–Kier alpha value is -6.70. The molecule has 0 saturated carbocycles. The van der Waals surface area contributed by atoms with Gasteiger partial charge in [-0.3, -0.25) is 0 Å². The van der Waals surface area contributed by atoms with Crippen molar-refractivity contribution in [2.24, 2.45) is 0 Å². The highest BCUT2D eigenvalue weighted by atomic mass is 14.9. The lowest BCUT2D eigenvalue weighted by Gasteiger charge is -2.51. The molecule has 6 aliphatic carbocycles. The zero-order valence-electron chi connectivity index (χ0n) is 35.5. The molecule has 6 aromatic rings. The van der Waals surface area contributed by atoms with E-state index in [-0.39, 0.29) is 16.9 Å². The van der Waals surface area contributed by atoms with E-state index >= 15 is 0 Å². The molecule has 6 aliphatic rings. The Balaban J connectivity index is 1.01. The number of hydrogen-bond donors (Lipinski definition) is 1. The van der Waals surface area contributed by atoms with Gasteiger partial charge in [0.1, 0.15) is 0 Å². The maximum atomic E-state index is 3.86. The second-order valence-electron chi connectivity index (χ2n) is 18.1. The van der Waals surface area contributed by atoms with E-state index in [1.165, 1.54) is 94.8 Å². The van der Waals surface area contributed by atoms with Gasteiger partial charge in [0.05, 0.1) is 10.8 Å². The normalized spacial score (nSPS) is 20.7.